The number of nitrogens with one attached hydrogen (secondary N) is 1. The molecule has 0 aromatic heterocycles. The fraction of sp³-hybridized carbons (Fsp3) is 0.364. The molecule has 74 valence electrons. The Morgan fingerprint density at radius 2 is 2.29 bits per heavy atom. The van der Waals surface area contributed by atoms with Crippen LogP contribution in [0.5, 0.6) is 0 Å². The van der Waals surface area contributed by atoms with Crippen LogP contribution in [0.1, 0.15) is 18.4 Å². The van der Waals surface area contributed by atoms with Crippen LogP contribution in [0, 0.1) is 12.7 Å². The number of nitrogens with zero attached hydrogens (tertiary/aromatic N) is 1. The molecule has 0 aliphatic carbocycles. The third-order valence-corrected chi connectivity index (χ3v) is 2.35. The van der Waals surface area contributed by atoms with Crippen molar-refractivity contribution in [1.29, 1.82) is 0 Å². The SMILES string of the molecule is Cc1cccc(NC2=NCCC2)c1F. The van der Waals surface area contributed by atoms with Crippen molar-refractivity contribution >= 4 is 11.5 Å². The van der Waals surface area contributed by atoms with Crippen molar-refractivity contribution in [2.45, 2.75) is 19.8 Å². The van der Waals surface area contributed by atoms with Crippen molar-refractivity contribution in [3.8, 4) is 0 Å². The number of amidine groups is 1. The maximum absolute atomic E-state index is 13.5. The molecule has 1 aromatic rings. The third kappa shape index (κ3) is 1.76. The van der Waals surface area contributed by atoms with Crippen LogP contribution >= 0.6 is 0 Å². The molecule has 0 radical (unpaired) electrons. The number of aryl methyl sites for hydroxylation is 1. The standard InChI is InChI=1S/C11H13FN2/c1-8-4-2-5-9(11(8)12)14-10-6-3-7-13-10/h2,4-5H,3,6-7H2,1H3,(H,13,14). The molecule has 1 aromatic carbocycles. The second kappa shape index (κ2) is 3.78. The second-order valence-electron chi connectivity index (χ2n) is 3.49. The molecule has 2 nitrogen and oxygen atoms in total. The van der Waals surface area contributed by atoms with E-state index in [1.165, 1.54) is 0 Å². The van der Waals surface area contributed by atoms with E-state index in [2.05, 4.69) is 10.3 Å². The highest BCUT2D eigenvalue weighted by Gasteiger charge is 2.09. The highest BCUT2D eigenvalue weighted by Crippen LogP contribution is 2.18. The molecule has 1 aliphatic rings. The summed E-state index contributed by atoms with van der Waals surface area (Å²) in [5, 5.41) is 3.02. The lowest BCUT2D eigenvalue weighted by molar-refractivity contribution is 0.623. The smallest absolute Gasteiger partial charge is 0.149 e. The van der Waals surface area contributed by atoms with Gasteiger partial charge in [0.25, 0.3) is 0 Å². The molecule has 0 unspecified atom stereocenters. The van der Waals surface area contributed by atoms with E-state index in [1.54, 1.807) is 19.1 Å². The Labute approximate surface area is 82.9 Å². The molecular formula is C11H13FN2. The van der Waals surface area contributed by atoms with Gasteiger partial charge >= 0.3 is 0 Å². The number of rotatable bonds is 1. The number of benzene rings is 1. The van der Waals surface area contributed by atoms with Gasteiger partial charge in [0, 0.05) is 13.0 Å². The van der Waals surface area contributed by atoms with Crippen molar-refractivity contribution in [1.82, 2.24) is 0 Å². The van der Waals surface area contributed by atoms with Gasteiger partial charge in [-0.15, -0.1) is 0 Å². The van der Waals surface area contributed by atoms with E-state index in [0.29, 0.717) is 11.3 Å². The first kappa shape index (κ1) is 9.19. The van der Waals surface area contributed by atoms with Crippen molar-refractivity contribution in [2.24, 2.45) is 4.99 Å². The first-order chi connectivity index (χ1) is 6.77. The fourth-order valence-corrected chi connectivity index (χ4v) is 1.54. The predicted octanol–water partition coefficient (Wildman–Crippen LogP) is 2.74. The summed E-state index contributed by atoms with van der Waals surface area (Å²) in [5.41, 5.74) is 1.19. The number of aliphatic imine (C=N–C) groups is 1. The maximum atomic E-state index is 13.5. The van der Waals surface area contributed by atoms with Crippen LogP contribution < -0.4 is 5.32 Å². The van der Waals surface area contributed by atoms with E-state index in [0.717, 1.165) is 25.2 Å². The molecule has 3 heteroatoms. The summed E-state index contributed by atoms with van der Waals surface area (Å²) in [7, 11) is 0. The first-order valence-corrected chi connectivity index (χ1v) is 4.83. The summed E-state index contributed by atoms with van der Waals surface area (Å²) in [4.78, 5) is 4.24. The molecular weight excluding hydrogens is 179 g/mol. The van der Waals surface area contributed by atoms with Gasteiger partial charge < -0.3 is 5.32 Å². The molecule has 0 fully saturated rings. The van der Waals surface area contributed by atoms with Gasteiger partial charge in [-0.3, -0.25) is 4.99 Å². The third-order valence-electron chi connectivity index (χ3n) is 2.35. The molecule has 0 saturated carbocycles. The Morgan fingerprint density at radius 3 is 3.00 bits per heavy atom. The minimum absolute atomic E-state index is 0.179. The number of halogens is 1. The largest absolute Gasteiger partial charge is 0.342 e. The van der Waals surface area contributed by atoms with Gasteiger partial charge in [0.15, 0.2) is 0 Å². The molecule has 0 amide bonds. The molecule has 14 heavy (non-hydrogen) atoms. The summed E-state index contributed by atoms with van der Waals surface area (Å²) in [6.45, 7) is 2.62. The number of hydrogen-bond acceptors (Lipinski definition) is 2. The van der Waals surface area contributed by atoms with Crippen molar-refractivity contribution in [2.75, 3.05) is 11.9 Å². The molecule has 1 N–H and O–H groups in total. The van der Waals surface area contributed by atoms with Gasteiger partial charge in [-0.2, -0.15) is 0 Å². The zero-order chi connectivity index (χ0) is 9.97. The van der Waals surface area contributed by atoms with Crippen LogP contribution in [0.25, 0.3) is 0 Å². The van der Waals surface area contributed by atoms with Crippen molar-refractivity contribution in [3.63, 3.8) is 0 Å². The maximum Gasteiger partial charge on any atom is 0.149 e. The Balaban J connectivity index is 2.20. The Hall–Kier alpha value is -1.38. The Morgan fingerprint density at radius 1 is 1.43 bits per heavy atom. The summed E-state index contributed by atoms with van der Waals surface area (Å²) in [6, 6.07) is 5.34. The van der Waals surface area contributed by atoms with Crippen LogP contribution in [0.2, 0.25) is 0 Å². The minimum atomic E-state index is -0.179. The highest BCUT2D eigenvalue weighted by molar-refractivity contribution is 5.96. The van der Waals surface area contributed by atoms with Gasteiger partial charge in [0.1, 0.15) is 11.7 Å². The van der Waals surface area contributed by atoms with E-state index < -0.39 is 0 Å². The Bertz CT molecular complexity index is 372. The monoisotopic (exact) mass is 192 g/mol. The molecule has 0 saturated heterocycles. The minimum Gasteiger partial charge on any atom is -0.342 e. The lowest BCUT2D eigenvalue weighted by atomic mass is 10.2. The topological polar surface area (TPSA) is 24.4 Å². The zero-order valence-corrected chi connectivity index (χ0v) is 8.18. The second-order valence-corrected chi connectivity index (χ2v) is 3.49. The molecule has 1 aliphatic heterocycles. The fourth-order valence-electron chi connectivity index (χ4n) is 1.54. The lowest BCUT2D eigenvalue weighted by Crippen LogP contribution is -2.10. The van der Waals surface area contributed by atoms with E-state index in [-0.39, 0.29) is 5.82 Å². The molecule has 0 spiro atoms. The normalized spacial score (nSPS) is 15.4. The predicted molar refractivity (Wildman–Crippen MR) is 56.3 cm³/mol. The molecule has 2 rings (SSSR count). The van der Waals surface area contributed by atoms with Gasteiger partial charge in [0.05, 0.1) is 5.69 Å². The number of anilines is 1. The Kier molecular flexibility index (Phi) is 2.48. The molecule has 1 heterocycles. The van der Waals surface area contributed by atoms with E-state index in [9.17, 15) is 4.39 Å². The quantitative estimate of drug-likeness (QED) is 0.727. The van der Waals surface area contributed by atoms with Crippen LogP contribution in [0.4, 0.5) is 10.1 Å². The van der Waals surface area contributed by atoms with E-state index in [4.69, 9.17) is 0 Å². The molecule has 0 atom stereocenters. The van der Waals surface area contributed by atoms with E-state index >= 15 is 0 Å². The molecule has 0 bridgehead atoms. The van der Waals surface area contributed by atoms with Gasteiger partial charge in [-0.1, -0.05) is 12.1 Å². The summed E-state index contributed by atoms with van der Waals surface area (Å²) >= 11 is 0. The average Bonchev–Trinajstić information content (AvgIpc) is 2.66. The van der Waals surface area contributed by atoms with Gasteiger partial charge in [-0.05, 0) is 25.0 Å². The van der Waals surface area contributed by atoms with Crippen molar-refractivity contribution < 1.29 is 4.39 Å². The first-order valence-electron chi connectivity index (χ1n) is 4.83. The number of hydrogen-bond donors (Lipinski definition) is 1. The highest BCUT2D eigenvalue weighted by atomic mass is 19.1. The van der Waals surface area contributed by atoms with Crippen LogP contribution in [0.3, 0.4) is 0 Å². The average molecular weight is 192 g/mol. The van der Waals surface area contributed by atoms with Crippen LogP contribution in [-0.2, 0) is 0 Å². The van der Waals surface area contributed by atoms with Gasteiger partial charge in [-0.25, -0.2) is 4.39 Å². The van der Waals surface area contributed by atoms with Crippen LogP contribution in [0.15, 0.2) is 23.2 Å². The van der Waals surface area contributed by atoms with Crippen LogP contribution in [-0.4, -0.2) is 12.4 Å². The summed E-state index contributed by atoms with van der Waals surface area (Å²) in [5.74, 6) is 0.719. The summed E-state index contributed by atoms with van der Waals surface area (Å²) in [6.07, 6.45) is 1.99. The van der Waals surface area contributed by atoms with Gasteiger partial charge in [0.2, 0.25) is 0 Å². The van der Waals surface area contributed by atoms with E-state index in [1.807, 2.05) is 6.07 Å². The van der Waals surface area contributed by atoms with Crippen molar-refractivity contribution in [3.05, 3.63) is 29.6 Å². The summed E-state index contributed by atoms with van der Waals surface area (Å²) < 4.78 is 13.5. The zero-order valence-electron chi connectivity index (χ0n) is 8.18. The lowest BCUT2D eigenvalue weighted by Gasteiger charge is -2.07.